The van der Waals surface area contributed by atoms with E-state index in [0.29, 0.717) is 0 Å². The Bertz CT molecular complexity index is 234. The molecule has 0 spiro atoms. The number of anilines is 1. The first-order valence-electron chi connectivity index (χ1n) is 3.31. The molecule has 36 valence electrons. The zero-order chi connectivity index (χ0) is 7.72. The smallest absolute Gasteiger partial charge is 0.0862 e. The van der Waals surface area contributed by atoms with Crippen molar-refractivity contribution in [3.05, 3.63) is 24.5 Å². The summed E-state index contributed by atoms with van der Waals surface area (Å²) in [5.74, 6) is 0. The first-order chi connectivity index (χ1) is 4.63. The Morgan fingerprint density at radius 1 is 1.86 bits per heavy atom. The highest BCUT2D eigenvalue weighted by atomic mass is 14.7. The van der Waals surface area contributed by atoms with Crippen molar-refractivity contribution in [1.82, 2.24) is 4.98 Å². The minimum absolute atomic E-state index is 0.0347. The van der Waals surface area contributed by atoms with E-state index in [1.54, 1.807) is 0 Å². The van der Waals surface area contributed by atoms with Crippen molar-refractivity contribution in [3.8, 4) is 0 Å². The largest absolute Gasteiger partial charge is 0.397 e. The topological polar surface area (TPSA) is 38.9 Å². The molecule has 0 unspecified atom stereocenters. The molecule has 1 aromatic heterocycles. The van der Waals surface area contributed by atoms with Crippen LogP contribution in [0.5, 0.6) is 0 Å². The van der Waals surface area contributed by atoms with Crippen molar-refractivity contribution < 1.29 is 4.11 Å². The van der Waals surface area contributed by atoms with E-state index in [9.17, 15) is 0 Å². The fourth-order valence-electron chi connectivity index (χ4n) is 0.272. The average molecular weight is 97.1 g/mol. The van der Waals surface area contributed by atoms with E-state index in [0.717, 1.165) is 6.20 Å². The molecule has 0 saturated heterocycles. The van der Waals surface area contributed by atoms with E-state index in [4.69, 9.17) is 9.85 Å². The maximum atomic E-state index is 7.11. The van der Waals surface area contributed by atoms with E-state index in [-0.39, 0.29) is 23.9 Å². The second kappa shape index (κ2) is 1.60. The number of rotatable bonds is 0. The number of nitrogens with two attached hydrogens (primary N) is 1. The van der Waals surface area contributed by atoms with Crippen LogP contribution in [-0.2, 0) is 0 Å². The van der Waals surface area contributed by atoms with Crippen LogP contribution >= 0.6 is 0 Å². The molecule has 1 heterocycles. The summed E-state index contributed by atoms with van der Waals surface area (Å²) >= 11 is 0. The van der Waals surface area contributed by atoms with Crippen LogP contribution in [0.1, 0.15) is 4.11 Å². The average Bonchev–Trinajstić information content (AvgIpc) is 1.93. The van der Waals surface area contributed by atoms with Gasteiger partial charge in [-0.05, 0) is 12.1 Å². The third-order valence-electron chi connectivity index (χ3n) is 0.521. The lowest BCUT2D eigenvalue weighted by molar-refractivity contribution is 1.33. The van der Waals surface area contributed by atoms with Crippen LogP contribution in [0.4, 0.5) is 5.69 Å². The maximum Gasteiger partial charge on any atom is 0.0862 e. The van der Waals surface area contributed by atoms with Crippen molar-refractivity contribution in [3.63, 3.8) is 0 Å². The Morgan fingerprint density at radius 2 is 2.71 bits per heavy atom. The summed E-state index contributed by atoms with van der Waals surface area (Å²) < 4.78 is 21.2. The van der Waals surface area contributed by atoms with E-state index in [1.165, 1.54) is 0 Å². The predicted molar refractivity (Wildman–Crippen MR) is 28.6 cm³/mol. The minimum Gasteiger partial charge on any atom is -0.397 e. The van der Waals surface area contributed by atoms with E-state index in [2.05, 4.69) is 4.98 Å². The van der Waals surface area contributed by atoms with E-state index >= 15 is 0 Å². The van der Waals surface area contributed by atoms with Gasteiger partial charge < -0.3 is 5.73 Å². The summed E-state index contributed by atoms with van der Waals surface area (Å²) in [5.41, 5.74) is 5.19. The fraction of sp³-hybridized carbons (Fsp3) is 0. The highest BCUT2D eigenvalue weighted by Gasteiger charge is 1.73. The van der Waals surface area contributed by atoms with Crippen molar-refractivity contribution in [2.24, 2.45) is 0 Å². The first-order valence-corrected chi connectivity index (χ1v) is 1.81. The normalized spacial score (nSPS) is 14.6. The third kappa shape index (κ3) is 0.892. The Kier molecular flexibility index (Phi) is 0.416. The van der Waals surface area contributed by atoms with E-state index in [1.807, 2.05) is 0 Å². The summed E-state index contributed by atoms with van der Waals surface area (Å²) in [5, 5.41) is 0. The Labute approximate surface area is 46.2 Å². The molecule has 2 nitrogen and oxygen atoms in total. The number of nitrogens with zero attached hydrogens (tertiary/aromatic N) is 1. The van der Waals surface area contributed by atoms with Gasteiger partial charge in [-0.25, -0.2) is 0 Å². The highest BCUT2D eigenvalue weighted by molar-refractivity contribution is 5.32. The third-order valence-corrected chi connectivity index (χ3v) is 0.521. The van der Waals surface area contributed by atoms with Gasteiger partial charge in [-0.3, -0.25) is 4.98 Å². The second-order valence-corrected chi connectivity index (χ2v) is 1.05. The molecule has 2 heteroatoms. The van der Waals surface area contributed by atoms with Crippen LogP contribution in [0, 0.1) is 0 Å². The molecule has 0 saturated carbocycles. The summed E-state index contributed by atoms with van der Waals surface area (Å²) in [6, 6.07) is -0.173. The Hall–Kier alpha value is -1.05. The zero-order valence-corrected chi connectivity index (χ0v) is 3.60. The minimum atomic E-state index is -0.138. The van der Waals surface area contributed by atoms with Gasteiger partial charge in [-0.1, -0.05) is 0 Å². The maximum absolute atomic E-state index is 7.11. The van der Waals surface area contributed by atoms with Crippen LogP contribution in [0.15, 0.2) is 24.5 Å². The first kappa shape index (κ1) is 1.82. The summed E-state index contributed by atoms with van der Waals surface area (Å²) in [6.45, 7) is 0. The van der Waals surface area contributed by atoms with Crippen LogP contribution in [0.2, 0.25) is 0 Å². The van der Waals surface area contributed by atoms with Gasteiger partial charge in [0.25, 0.3) is 0 Å². The summed E-state index contributed by atoms with van der Waals surface area (Å²) in [6.07, 6.45) is 1.00. The Morgan fingerprint density at radius 3 is 3.43 bits per heavy atom. The molecule has 0 aromatic carbocycles. The highest BCUT2D eigenvalue weighted by Crippen LogP contribution is 1.92. The summed E-state index contributed by atoms with van der Waals surface area (Å²) in [4.78, 5) is 3.47. The number of pyridine rings is 1. The molecule has 0 radical (unpaired) electrons. The molecule has 0 atom stereocenters. The zero-order valence-electron chi connectivity index (χ0n) is 6.60. The molecule has 0 amide bonds. The van der Waals surface area contributed by atoms with Gasteiger partial charge in [0.2, 0.25) is 0 Å². The molecule has 1 rings (SSSR count). The van der Waals surface area contributed by atoms with Gasteiger partial charge in [0.15, 0.2) is 0 Å². The molecule has 0 aliphatic heterocycles. The number of hydrogen-bond donors (Lipinski definition) is 1. The van der Waals surface area contributed by atoms with Gasteiger partial charge in [0.05, 0.1) is 9.80 Å². The summed E-state index contributed by atoms with van der Waals surface area (Å²) in [7, 11) is 0. The van der Waals surface area contributed by atoms with Crippen molar-refractivity contribution in [2.75, 3.05) is 5.73 Å². The lowest BCUT2D eigenvalue weighted by Gasteiger charge is -1.83. The monoisotopic (exact) mass is 97.1 g/mol. The van der Waals surface area contributed by atoms with Crippen LogP contribution in [0.3, 0.4) is 0 Å². The van der Waals surface area contributed by atoms with Gasteiger partial charge in [0, 0.05) is 12.4 Å². The quantitative estimate of drug-likeness (QED) is 0.516. The second-order valence-electron chi connectivity index (χ2n) is 1.05. The SMILES string of the molecule is [2H]c1cnc([2H])c(N)c1[2H]. The molecule has 0 bridgehead atoms. The fourth-order valence-corrected chi connectivity index (χ4v) is 0.272. The van der Waals surface area contributed by atoms with Gasteiger partial charge in [-0.2, -0.15) is 0 Å². The Balaban J connectivity index is 3.34. The van der Waals surface area contributed by atoms with Crippen LogP contribution in [0.25, 0.3) is 0 Å². The number of hydrogen-bond acceptors (Lipinski definition) is 2. The standard InChI is InChI=1S/C5H6N2/c6-5-2-1-3-7-4-5/h1-4H,6H2/i1D,2D,4D. The molecule has 7 heavy (non-hydrogen) atoms. The van der Waals surface area contributed by atoms with Gasteiger partial charge >= 0.3 is 0 Å². The van der Waals surface area contributed by atoms with Crippen molar-refractivity contribution >= 4 is 5.69 Å². The molecular weight excluding hydrogens is 88.1 g/mol. The molecular formula is C5H6N2. The predicted octanol–water partition coefficient (Wildman–Crippen LogP) is 0.664. The number of aromatic nitrogens is 1. The van der Waals surface area contributed by atoms with Crippen LogP contribution in [-0.4, -0.2) is 4.98 Å². The van der Waals surface area contributed by atoms with E-state index < -0.39 is 0 Å². The van der Waals surface area contributed by atoms with Crippen molar-refractivity contribution in [1.29, 1.82) is 0 Å². The molecule has 0 aliphatic rings. The number of nitrogen functional groups attached to an aromatic ring is 1. The van der Waals surface area contributed by atoms with Crippen LogP contribution < -0.4 is 5.73 Å². The van der Waals surface area contributed by atoms with Gasteiger partial charge in [0.1, 0.15) is 0 Å². The lowest BCUT2D eigenvalue weighted by atomic mass is 10.4. The van der Waals surface area contributed by atoms with Crippen molar-refractivity contribution in [2.45, 2.75) is 0 Å². The molecule has 2 N–H and O–H groups in total. The molecule has 0 fully saturated rings. The van der Waals surface area contributed by atoms with Gasteiger partial charge in [-0.15, -0.1) is 0 Å². The molecule has 1 aromatic rings. The molecule has 0 aliphatic carbocycles. The lowest BCUT2D eigenvalue weighted by Crippen LogP contribution is -1.82.